The predicted molar refractivity (Wildman–Crippen MR) is 208 cm³/mol. The molecule has 9 nitrogen and oxygen atoms in total. The predicted octanol–water partition coefficient (Wildman–Crippen LogP) is 6.64. The third-order valence-electron chi connectivity index (χ3n) is 13.0. The largest absolute Gasteiger partial charge is 0.487 e. The number of ether oxygens (including phenoxy) is 2. The summed E-state index contributed by atoms with van der Waals surface area (Å²) in [6.45, 7) is 9.59. The second kappa shape index (κ2) is 16.2. The van der Waals surface area contributed by atoms with E-state index in [0.717, 1.165) is 82.6 Å². The fourth-order valence-corrected chi connectivity index (χ4v) is 10.8. The molecule has 7 atom stereocenters. The van der Waals surface area contributed by atoms with Crippen LogP contribution in [0.4, 0.5) is 10.1 Å². The lowest BCUT2D eigenvalue weighted by Gasteiger charge is -2.53. The first-order chi connectivity index (χ1) is 25.4. The highest BCUT2D eigenvalue weighted by atomic mass is 35.5. The molecule has 2 aromatic rings. The molecule has 2 saturated heterocycles. The lowest BCUT2D eigenvalue weighted by atomic mass is 9.63. The summed E-state index contributed by atoms with van der Waals surface area (Å²) in [6, 6.07) is 11.4. The van der Waals surface area contributed by atoms with Crippen molar-refractivity contribution in [2.45, 2.75) is 94.9 Å². The van der Waals surface area contributed by atoms with Crippen molar-refractivity contribution in [3.8, 4) is 5.75 Å². The van der Waals surface area contributed by atoms with Gasteiger partial charge in [0.2, 0.25) is 10.0 Å². The quantitative estimate of drug-likeness (QED) is 0.348. The average Bonchev–Trinajstić information content (AvgIpc) is 3.15. The molecule has 3 fully saturated rings. The van der Waals surface area contributed by atoms with E-state index >= 15 is 0 Å². The summed E-state index contributed by atoms with van der Waals surface area (Å²) in [7, 11) is -2.17. The van der Waals surface area contributed by atoms with Gasteiger partial charge in [0.25, 0.3) is 5.91 Å². The van der Waals surface area contributed by atoms with Crippen molar-refractivity contribution in [1.29, 1.82) is 0 Å². The van der Waals surface area contributed by atoms with Crippen LogP contribution in [0.2, 0.25) is 5.02 Å². The third-order valence-corrected chi connectivity index (χ3v) is 15.1. The van der Waals surface area contributed by atoms with E-state index in [2.05, 4.69) is 31.6 Å². The van der Waals surface area contributed by atoms with Crippen LogP contribution in [0, 0.1) is 17.8 Å². The topological polar surface area (TPSA) is 91.4 Å². The molecular weight excluding hydrogens is 715 g/mol. The van der Waals surface area contributed by atoms with Gasteiger partial charge in [-0.2, -0.15) is 0 Å². The first kappa shape index (κ1) is 38.6. The highest BCUT2D eigenvalue weighted by Crippen LogP contribution is 2.47. The molecule has 1 saturated carbocycles. The Balaban J connectivity index is 1.24. The van der Waals surface area contributed by atoms with Gasteiger partial charge in [-0.1, -0.05) is 36.7 Å². The van der Waals surface area contributed by atoms with Crippen LogP contribution in [0.1, 0.15) is 80.3 Å². The van der Waals surface area contributed by atoms with E-state index in [1.165, 1.54) is 5.56 Å². The molecule has 0 aromatic heterocycles. The lowest BCUT2D eigenvalue weighted by molar-refractivity contribution is -0.101. The molecule has 0 unspecified atom stereocenters. The van der Waals surface area contributed by atoms with Crippen LogP contribution in [0.5, 0.6) is 5.75 Å². The van der Waals surface area contributed by atoms with E-state index < -0.39 is 33.0 Å². The summed E-state index contributed by atoms with van der Waals surface area (Å²) in [6.07, 6.45) is 10.1. The number of benzene rings is 2. The van der Waals surface area contributed by atoms with E-state index in [9.17, 15) is 17.6 Å². The maximum Gasteiger partial charge on any atom is 0.264 e. The van der Waals surface area contributed by atoms with Crippen molar-refractivity contribution in [1.82, 2.24) is 14.5 Å². The first-order valence-corrected chi connectivity index (χ1v) is 21.6. The van der Waals surface area contributed by atoms with Gasteiger partial charge in [0.15, 0.2) is 0 Å². The maximum atomic E-state index is 14.5. The Bertz CT molecular complexity index is 1780. The normalized spacial score (nSPS) is 33.5. The van der Waals surface area contributed by atoms with Crippen LogP contribution >= 0.6 is 11.6 Å². The van der Waals surface area contributed by atoms with Crippen molar-refractivity contribution in [2.75, 3.05) is 57.8 Å². The van der Waals surface area contributed by atoms with Crippen molar-refractivity contribution in [2.24, 2.45) is 17.8 Å². The van der Waals surface area contributed by atoms with E-state index in [4.69, 9.17) is 21.1 Å². The Morgan fingerprint density at radius 1 is 1.02 bits per heavy atom. The third kappa shape index (κ3) is 8.44. The van der Waals surface area contributed by atoms with Crippen molar-refractivity contribution in [3.63, 3.8) is 0 Å². The Labute approximate surface area is 320 Å². The van der Waals surface area contributed by atoms with E-state index in [-0.39, 0.29) is 23.4 Å². The number of fused-ring (bicyclic) bond motifs is 4. The summed E-state index contributed by atoms with van der Waals surface area (Å²) in [5, 5.41) is -0.1000. The van der Waals surface area contributed by atoms with E-state index in [1.807, 2.05) is 32.2 Å². The highest BCUT2D eigenvalue weighted by molar-refractivity contribution is 7.90. The maximum absolute atomic E-state index is 14.5. The number of sulfonamides is 1. The molecule has 7 rings (SSSR count). The van der Waals surface area contributed by atoms with Crippen LogP contribution in [0.15, 0.2) is 48.6 Å². The van der Waals surface area contributed by atoms with Gasteiger partial charge in [0.05, 0.1) is 10.9 Å². The van der Waals surface area contributed by atoms with Crippen molar-refractivity contribution < 1.29 is 27.1 Å². The Morgan fingerprint density at radius 3 is 2.66 bits per heavy atom. The zero-order valence-corrected chi connectivity index (χ0v) is 33.0. The lowest BCUT2D eigenvalue weighted by Crippen LogP contribution is -2.61. The summed E-state index contributed by atoms with van der Waals surface area (Å²) in [5.41, 5.74) is 2.72. The van der Waals surface area contributed by atoms with Gasteiger partial charge in [0, 0.05) is 69.6 Å². The van der Waals surface area contributed by atoms with Gasteiger partial charge in [-0.15, -0.1) is 0 Å². The number of amides is 1. The number of aryl methyl sites for hydroxylation is 1. The second-order valence-electron chi connectivity index (χ2n) is 16.2. The van der Waals surface area contributed by atoms with Crippen LogP contribution < -0.4 is 14.4 Å². The van der Waals surface area contributed by atoms with Gasteiger partial charge >= 0.3 is 0 Å². The Kier molecular flexibility index (Phi) is 11.8. The molecule has 0 radical (unpaired) electrons. The molecule has 1 N–H and O–H groups in total. The minimum atomic E-state index is -3.98. The molecule has 4 heterocycles. The minimum Gasteiger partial charge on any atom is -0.487 e. The number of hydrogen-bond acceptors (Lipinski definition) is 8. The monoisotopic (exact) mass is 770 g/mol. The van der Waals surface area contributed by atoms with Gasteiger partial charge in [-0.3, -0.25) is 14.6 Å². The standard InChI is InChI=1S/C41H56ClFN4O5S/c1-28-7-6-16-41(51-3,27-45-19-20-46-18-15-35(43)23-36(46)25-45)37-13-10-32(37)24-47-17-5-4-8-30-21-34(42)12-9-33(30)26-52-39-14-11-31(22-38(39)47)40(48)44-53(49,50)29(28)2/h6,9,11-12,14,16,21-22,28-29,32,35-37H,4-5,7-8,10,13,15,17-20,23-27H2,1-3H3,(H,44,48)/b16-6+/t28-,29+,32-,35-,36+,37+,41-/m0/s1. The van der Waals surface area contributed by atoms with Gasteiger partial charge in [-0.25, -0.2) is 17.5 Å². The number of allylic oxidation sites excluding steroid dienone is 1. The molecule has 0 spiro atoms. The number of nitrogens with zero attached hydrogens (tertiary/aromatic N) is 3. The number of hydrogen-bond donors (Lipinski definition) is 1. The van der Waals surface area contributed by atoms with Gasteiger partial charge in [0.1, 0.15) is 24.1 Å². The molecule has 5 aliphatic rings. The van der Waals surface area contributed by atoms with Crippen LogP contribution in [-0.2, 0) is 27.8 Å². The SMILES string of the molecule is CO[C@]1(CN2CCN3CC[C@H](F)C[C@@H]3C2)/C=C/C[C@H](C)[C@@H](C)S(=O)(=O)NC(=O)c2ccc3c(c2)N(CCCCc2cc(Cl)ccc2CO3)C[C@@H]2CC[C@H]21. The number of carbonyl (C=O) groups excluding carboxylic acids is 1. The number of halogens is 2. The molecule has 1 aliphatic carbocycles. The number of methoxy groups -OCH3 is 1. The fourth-order valence-electron chi connectivity index (χ4n) is 9.32. The zero-order chi connectivity index (χ0) is 37.3. The molecule has 4 aliphatic heterocycles. The molecule has 290 valence electrons. The number of carbonyl (C=O) groups is 1. The molecule has 12 heteroatoms. The van der Waals surface area contributed by atoms with Gasteiger partial charge < -0.3 is 14.4 Å². The van der Waals surface area contributed by atoms with E-state index in [0.29, 0.717) is 49.1 Å². The highest BCUT2D eigenvalue weighted by Gasteiger charge is 2.49. The Hall–Kier alpha value is -2.70. The number of piperidine rings is 1. The summed E-state index contributed by atoms with van der Waals surface area (Å²) < 4.78 is 57.3. The molecule has 53 heavy (non-hydrogen) atoms. The number of rotatable bonds is 3. The van der Waals surface area contributed by atoms with E-state index in [1.54, 1.807) is 25.1 Å². The van der Waals surface area contributed by atoms with Crippen LogP contribution in [0.3, 0.4) is 0 Å². The van der Waals surface area contributed by atoms with Gasteiger partial charge in [-0.05, 0) is 118 Å². The molecule has 1 amide bonds. The number of nitrogens with one attached hydrogen (secondary N) is 1. The van der Waals surface area contributed by atoms with Crippen LogP contribution in [0.25, 0.3) is 0 Å². The number of piperazine rings is 1. The number of alkyl halides is 1. The average molecular weight is 771 g/mol. The molecule has 2 aromatic carbocycles. The second-order valence-corrected chi connectivity index (χ2v) is 18.7. The minimum absolute atomic E-state index is 0.209. The summed E-state index contributed by atoms with van der Waals surface area (Å²) >= 11 is 6.40. The summed E-state index contributed by atoms with van der Waals surface area (Å²) in [4.78, 5) is 20.9. The fraction of sp³-hybridized carbons (Fsp3) is 0.634. The van der Waals surface area contributed by atoms with Crippen molar-refractivity contribution >= 4 is 33.2 Å². The zero-order valence-electron chi connectivity index (χ0n) is 31.4. The first-order valence-electron chi connectivity index (χ1n) is 19.6. The van der Waals surface area contributed by atoms with Crippen molar-refractivity contribution in [3.05, 3.63) is 70.3 Å². The smallest absolute Gasteiger partial charge is 0.264 e. The molecule has 2 bridgehead atoms. The number of anilines is 1. The van der Waals surface area contributed by atoms with Crippen LogP contribution in [-0.4, -0.2) is 100 Å². The molecular formula is C41H56ClFN4O5S. The Morgan fingerprint density at radius 2 is 1.87 bits per heavy atom. The summed E-state index contributed by atoms with van der Waals surface area (Å²) in [5.74, 6) is 0.285.